The van der Waals surface area contributed by atoms with Crippen molar-refractivity contribution in [3.8, 4) is 0 Å². The highest BCUT2D eigenvalue weighted by molar-refractivity contribution is 5.81. The predicted octanol–water partition coefficient (Wildman–Crippen LogP) is 2.84. The Kier molecular flexibility index (Phi) is 6.31. The summed E-state index contributed by atoms with van der Waals surface area (Å²) in [5.41, 5.74) is 1.39. The minimum absolute atomic E-state index is 0.0839. The quantitative estimate of drug-likeness (QED) is 0.827. The van der Waals surface area contributed by atoms with E-state index < -0.39 is 23.9 Å². The summed E-state index contributed by atoms with van der Waals surface area (Å²) in [5, 5.41) is 2.45. The second-order valence-electron chi connectivity index (χ2n) is 5.12. The Labute approximate surface area is 139 Å². The largest absolute Gasteiger partial charge is 0.467 e. The summed E-state index contributed by atoms with van der Waals surface area (Å²) in [7, 11) is 1.22. The van der Waals surface area contributed by atoms with Crippen molar-refractivity contribution in [3.05, 3.63) is 71.5 Å². The molecular weight excluding hydrogens is 313 g/mol. The standard InChI is InChI=1S/C18H18FNO4/c1-23-17(21)16(11-14-8-5-9-15(19)10-14)20-18(22)24-12-13-6-3-2-4-7-13/h2-10,16H,11-12H2,1H3,(H,20,22). The second kappa shape index (κ2) is 8.67. The second-order valence-corrected chi connectivity index (χ2v) is 5.12. The van der Waals surface area contributed by atoms with E-state index in [0.717, 1.165) is 5.56 Å². The molecule has 0 aliphatic rings. The minimum atomic E-state index is -0.958. The third-order valence-electron chi connectivity index (χ3n) is 3.32. The fourth-order valence-corrected chi connectivity index (χ4v) is 2.14. The summed E-state index contributed by atoms with van der Waals surface area (Å²) in [6, 6.07) is 14.0. The Morgan fingerprint density at radius 2 is 1.79 bits per heavy atom. The number of carbonyl (C=O) groups excluding carboxylic acids is 2. The van der Waals surface area contributed by atoms with E-state index in [0.29, 0.717) is 5.56 Å². The number of rotatable bonds is 6. The summed E-state index contributed by atoms with van der Waals surface area (Å²) < 4.78 is 23.0. The maximum atomic E-state index is 13.2. The van der Waals surface area contributed by atoms with Crippen molar-refractivity contribution < 1.29 is 23.5 Å². The molecule has 1 amide bonds. The Morgan fingerprint density at radius 3 is 2.46 bits per heavy atom. The van der Waals surface area contributed by atoms with Crippen molar-refractivity contribution in [2.75, 3.05) is 7.11 Å². The van der Waals surface area contributed by atoms with Gasteiger partial charge in [-0.25, -0.2) is 14.0 Å². The van der Waals surface area contributed by atoms with E-state index in [4.69, 9.17) is 4.74 Å². The molecule has 0 heterocycles. The van der Waals surface area contributed by atoms with Crippen LogP contribution in [0.25, 0.3) is 0 Å². The molecule has 1 N–H and O–H groups in total. The van der Waals surface area contributed by atoms with Gasteiger partial charge in [-0.3, -0.25) is 0 Å². The van der Waals surface area contributed by atoms with Crippen LogP contribution in [0, 0.1) is 5.82 Å². The third kappa shape index (κ3) is 5.39. The molecule has 1 unspecified atom stereocenters. The first-order chi connectivity index (χ1) is 11.6. The summed E-state index contributed by atoms with van der Waals surface area (Å²) in [6.45, 7) is 0.0839. The van der Waals surface area contributed by atoms with Gasteiger partial charge in [0.05, 0.1) is 7.11 Å². The van der Waals surface area contributed by atoms with Crippen LogP contribution in [0.1, 0.15) is 11.1 Å². The lowest BCUT2D eigenvalue weighted by molar-refractivity contribution is -0.143. The van der Waals surface area contributed by atoms with Crippen LogP contribution in [-0.2, 0) is 27.3 Å². The number of hydrogen-bond acceptors (Lipinski definition) is 4. The van der Waals surface area contributed by atoms with Crippen LogP contribution < -0.4 is 5.32 Å². The average molecular weight is 331 g/mol. The van der Waals surface area contributed by atoms with Gasteiger partial charge in [0.1, 0.15) is 18.5 Å². The molecule has 6 heteroatoms. The molecule has 0 fully saturated rings. The van der Waals surface area contributed by atoms with Crippen molar-refractivity contribution in [1.82, 2.24) is 5.32 Å². The highest BCUT2D eigenvalue weighted by atomic mass is 19.1. The molecule has 1 atom stereocenters. The molecule has 0 aliphatic heterocycles. The van der Waals surface area contributed by atoms with Crippen molar-refractivity contribution >= 4 is 12.1 Å². The van der Waals surface area contributed by atoms with E-state index in [1.165, 1.54) is 25.3 Å². The number of methoxy groups -OCH3 is 1. The van der Waals surface area contributed by atoms with Gasteiger partial charge in [-0.05, 0) is 23.3 Å². The molecular formula is C18H18FNO4. The first-order valence-corrected chi connectivity index (χ1v) is 7.38. The molecule has 0 saturated heterocycles. The molecule has 2 aromatic rings. The number of alkyl carbamates (subject to hydrolysis) is 1. The lowest BCUT2D eigenvalue weighted by atomic mass is 10.1. The number of nitrogens with one attached hydrogen (secondary N) is 1. The lowest BCUT2D eigenvalue weighted by Gasteiger charge is -2.16. The van der Waals surface area contributed by atoms with Gasteiger partial charge < -0.3 is 14.8 Å². The molecule has 0 aliphatic carbocycles. The van der Waals surface area contributed by atoms with Crippen LogP contribution in [0.15, 0.2) is 54.6 Å². The minimum Gasteiger partial charge on any atom is -0.467 e. The van der Waals surface area contributed by atoms with E-state index >= 15 is 0 Å². The zero-order chi connectivity index (χ0) is 17.4. The summed E-state index contributed by atoms with van der Waals surface area (Å²) in [4.78, 5) is 23.7. The van der Waals surface area contributed by atoms with Gasteiger partial charge in [0.2, 0.25) is 0 Å². The highest BCUT2D eigenvalue weighted by Gasteiger charge is 2.22. The monoisotopic (exact) mass is 331 g/mol. The van der Waals surface area contributed by atoms with Crippen molar-refractivity contribution in [2.24, 2.45) is 0 Å². The molecule has 0 aromatic heterocycles. The number of ether oxygens (including phenoxy) is 2. The molecule has 0 bridgehead atoms. The average Bonchev–Trinajstić information content (AvgIpc) is 2.59. The smallest absolute Gasteiger partial charge is 0.408 e. The van der Waals surface area contributed by atoms with Crippen LogP contribution in [0.4, 0.5) is 9.18 Å². The number of halogens is 1. The third-order valence-corrected chi connectivity index (χ3v) is 3.32. The molecule has 2 aromatic carbocycles. The first kappa shape index (κ1) is 17.5. The number of amides is 1. The van der Waals surface area contributed by atoms with E-state index in [9.17, 15) is 14.0 Å². The van der Waals surface area contributed by atoms with Crippen LogP contribution >= 0.6 is 0 Å². The van der Waals surface area contributed by atoms with E-state index in [2.05, 4.69) is 10.1 Å². The summed E-state index contributed by atoms with van der Waals surface area (Å²) >= 11 is 0. The van der Waals surface area contributed by atoms with Crippen molar-refractivity contribution in [1.29, 1.82) is 0 Å². The van der Waals surface area contributed by atoms with E-state index in [1.807, 2.05) is 30.3 Å². The van der Waals surface area contributed by atoms with Gasteiger partial charge in [-0.2, -0.15) is 0 Å². The van der Waals surface area contributed by atoms with E-state index in [1.54, 1.807) is 6.07 Å². The maximum Gasteiger partial charge on any atom is 0.408 e. The maximum absolute atomic E-state index is 13.2. The fourth-order valence-electron chi connectivity index (χ4n) is 2.14. The molecule has 5 nitrogen and oxygen atoms in total. The number of hydrogen-bond donors (Lipinski definition) is 1. The molecule has 2 rings (SSSR count). The summed E-state index contributed by atoms with van der Waals surface area (Å²) in [5.74, 6) is -1.04. The molecule has 0 spiro atoms. The Morgan fingerprint density at radius 1 is 1.08 bits per heavy atom. The Balaban J connectivity index is 1.95. The molecule has 0 radical (unpaired) electrons. The lowest BCUT2D eigenvalue weighted by Crippen LogP contribution is -2.43. The topological polar surface area (TPSA) is 64.6 Å². The zero-order valence-corrected chi connectivity index (χ0v) is 13.2. The van der Waals surface area contributed by atoms with Gasteiger partial charge in [0.25, 0.3) is 0 Å². The Hall–Kier alpha value is -2.89. The number of esters is 1. The zero-order valence-electron chi connectivity index (χ0n) is 13.2. The van der Waals surface area contributed by atoms with Gasteiger partial charge in [0.15, 0.2) is 0 Å². The molecule has 126 valence electrons. The number of carbonyl (C=O) groups is 2. The SMILES string of the molecule is COC(=O)C(Cc1cccc(F)c1)NC(=O)OCc1ccccc1. The normalized spacial score (nSPS) is 11.4. The highest BCUT2D eigenvalue weighted by Crippen LogP contribution is 2.08. The molecule has 0 saturated carbocycles. The van der Waals surface area contributed by atoms with Gasteiger partial charge >= 0.3 is 12.1 Å². The van der Waals surface area contributed by atoms with Crippen molar-refractivity contribution in [2.45, 2.75) is 19.1 Å². The van der Waals surface area contributed by atoms with Crippen LogP contribution in [0.5, 0.6) is 0 Å². The van der Waals surface area contributed by atoms with Gasteiger partial charge in [0, 0.05) is 6.42 Å². The first-order valence-electron chi connectivity index (χ1n) is 7.38. The van der Waals surface area contributed by atoms with E-state index in [-0.39, 0.29) is 13.0 Å². The van der Waals surface area contributed by atoms with Crippen LogP contribution in [0.2, 0.25) is 0 Å². The summed E-state index contributed by atoms with van der Waals surface area (Å²) in [6.07, 6.45) is -0.643. The van der Waals surface area contributed by atoms with Crippen LogP contribution in [0.3, 0.4) is 0 Å². The Bertz CT molecular complexity index is 690. The van der Waals surface area contributed by atoms with Crippen molar-refractivity contribution in [3.63, 3.8) is 0 Å². The van der Waals surface area contributed by atoms with Crippen LogP contribution in [-0.4, -0.2) is 25.2 Å². The van der Waals surface area contributed by atoms with Gasteiger partial charge in [-0.15, -0.1) is 0 Å². The molecule has 24 heavy (non-hydrogen) atoms. The van der Waals surface area contributed by atoms with Gasteiger partial charge in [-0.1, -0.05) is 42.5 Å². The predicted molar refractivity (Wildman–Crippen MR) is 85.7 cm³/mol. The fraction of sp³-hybridized carbons (Fsp3) is 0.222. The number of benzene rings is 2.